The second kappa shape index (κ2) is 3.06. The predicted octanol–water partition coefficient (Wildman–Crippen LogP) is 2.03. The summed E-state index contributed by atoms with van der Waals surface area (Å²) >= 11 is 0. The maximum atomic E-state index is 13.0. The second-order valence-corrected chi connectivity index (χ2v) is 3.53. The van der Waals surface area contributed by atoms with Crippen molar-refractivity contribution >= 4 is 11.0 Å². The lowest BCUT2D eigenvalue weighted by Crippen LogP contribution is -2.06. The summed E-state index contributed by atoms with van der Waals surface area (Å²) in [5, 5.41) is 0. The minimum atomic E-state index is -0.255. The molecule has 0 saturated heterocycles. The van der Waals surface area contributed by atoms with Crippen LogP contribution in [-0.4, -0.2) is 9.97 Å². The zero-order valence-electron chi connectivity index (χ0n) is 8.13. The molecule has 0 saturated carbocycles. The molecule has 4 heteroatoms. The molecule has 1 aromatic heterocycles. The molecule has 3 N–H and O–H groups in total. The lowest BCUT2D eigenvalue weighted by Gasteiger charge is -1.96. The first kappa shape index (κ1) is 9.15. The monoisotopic (exact) mass is 193 g/mol. The van der Waals surface area contributed by atoms with Crippen LogP contribution >= 0.6 is 0 Å². The topological polar surface area (TPSA) is 54.7 Å². The van der Waals surface area contributed by atoms with Gasteiger partial charge in [0, 0.05) is 0 Å². The van der Waals surface area contributed by atoms with Crippen molar-refractivity contribution in [2.75, 3.05) is 0 Å². The van der Waals surface area contributed by atoms with E-state index in [0.29, 0.717) is 11.3 Å². The largest absolute Gasteiger partial charge is 0.341 e. The van der Waals surface area contributed by atoms with Crippen LogP contribution in [-0.2, 0) is 0 Å². The number of nitrogens with two attached hydrogens (primary N) is 1. The van der Waals surface area contributed by atoms with Crippen LogP contribution in [0.5, 0.6) is 0 Å². The Morgan fingerprint density at radius 2 is 2.21 bits per heavy atom. The summed E-state index contributed by atoms with van der Waals surface area (Å²) in [4.78, 5) is 7.31. The Bertz CT molecular complexity index is 473. The average molecular weight is 193 g/mol. The van der Waals surface area contributed by atoms with E-state index in [-0.39, 0.29) is 11.9 Å². The summed E-state index contributed by atoms with van der Waals surface area (Å²) in [6.07, 6.45) is 0. The Kier molecular flexibility index (Phi) is 2.00. The minimum Gasteiger partial charge on any atom is -0.341 e. The minimum absolute atomic E-state index is 0.162. The van der Waals surface area contributed by atoms with Gasteiger partial charge in [0.25, 0.3) is 0 Å². The third kappa shape index (κ3) is 1.37. The molecule has 1 heterocycles. The number of aromatic amines is 1. The quantitative estimate of drug-likeness (QED) is 0.728. The molecule has 14 heavy (non-hydrogen) atoms. The molecule has 0 spiro atoms. The molecule has 0 radical (unpaired) electrons. The van der Waals surface area contributed by atoms with Gasteiger partial charge in [0.1, 0.15) is 11.6 Å². The number of rotatable bonds is 1. The van der Waals surface area contributed by atoms with E-state index in [1.165, 1.54) is 12.1 Å². The third-order valence-electron chi connectivity index (χ3n) is 2.19. The summed E-state index contributed by atoms with van der Waals surface area (Å²) in [5.74, 6) is 0.434. The number of nitrogens with one attached hydrogen (secondary N) is 1. The van der Waals surface area contributed by atoms with Gasteiger partial charge in [-0.15, -0.1) is 0 Å². The highest BCUT2D eigenvalue weighted by Crippen LogP contribution is 2.19. The molecule has 0 amide bonds. The summed E-state index contributed by atoms with van der Waals surface area (Å²) in [6, 6.07) is 2.74. The molecule has 2 aromatic rings. The van der Waals surface area contributed by atoms with Gasteiger partial charge < -0.3 is 10.7 Å². The molecular formula is C10H12FN3. The molecule has 3 nitrogen and oxygen atoms in total. The fourth-order valence-electron chi connectivity index (χ4n) is 1.48. The van der Waals surface area contributed by atoms with Gasteiger partial charge in [-0.05, 0) is 31.5 Å². The summed E-state index contributed by atoms with van der Waals surface area (Å²) in [7, 11) is 0. The Morgan fingerprint density at radius 3 is 2.86 bits per heavy atom. The number of H-pyrrole nitrogens is 1. The first-order chi connectivity index (χ1) is 6.58. The molecule has 0 aliphatic rings. The average Bonchev–Trinajstić information content (AvgIpc) is 2.47. The first-order valence-electron chi connectivity index (χ1n) is 4.49. The number of nitrogens with zero attached hydrogens (tertiary/aromatic N) is 1. The van der Waals surface area contributed by atoms with E-state index in [1.807, 2.05) is 13.8 Å². The molecular weight excluding hydrogens is 181 g/mol. The van der Waals surface area contributed by atoms with Gasteiger partial charge in [-0.25, -0.2) is 9.37 Å². The summed E-state index contributed by atoms with van der Waals surface area (Å²) < 4.78 is 13.0. The van der Waals surface area contributed by atoms with Crippen molar-refractivity contribution in [1.82, 2.24) is 9.97 Å². The standard InChI is InChI=1S/C10H12FN3/c1-5-3-7(11)4-8-9(5)14-10(13-8)6(2)12/h3-4,6H,12H2,1-2H3,(H,13,14)/t6-/m0/s1. The van der Waals surface area contributed by atoms with Crippen LogP contribution in [0, 0.1) is 12.7 Å². The van der Waals surface area contributed by atoms with E-state index in [0.717, 1.165) is 11.1 Å². The van der Waals surface area contributed by atoms with Crippen molar-refractivity contribution in [3.63, 3.8) is 0 Å². The van der Waals surface area contributed by atoms with Crippen LogP contribution in [0.2, 0.25) is 0 Å². The first-order valence-corrected chi connectivity index (χ1v) is 4.49. The molecule has 0 aliphatic carbocycles. The lowest BCUT2D eigenvalue weighted by atomic mass is 10.2. The Morgan fingerprint density at radius 1 is 1.50 bits per heavy atom. The molecule has 0 aliphatic heterocycles. The van der Waals surface area contributed by atoms with Crippen molar-refractivity contribution < 1.29 is 4.39 Å². The highest BCUT2D eigenvalue weighted by Gasteiger charge is 2.09. The zero-order chi connectivity index (χ0) is 10.3. The highest BCUT2D eigenvalue weighted by molar-refractivity contribution is 5.78. The number of hydrogen-bond donors (Lipinski definition) is 2. The number of benzene rings is 1. The van der Waals surface area contributed by atoms with E-state index in [4.69, 9.17) is 5.73 Å². The Balaban J connectivity index is 2.70. The van der Waals surface area contributed by atoms with Gasteiger partial charge in [-0.2, -0.15) is 0 Å². The van der Waals surface area contributed by atoms with Crippen LogP contribution in [0.3, 0.4) is 0 Å². The van der Waals surface area contributed by atoms with E-state index >= 15 is 0 Å². The fraction of sp³-hybridized carbons (Fsp3) is 0.300. The maximum Gasteiger partial charge on any atom is 0.125 e. The van der Waals surface area contributed by atoms with Crippen molar-refractivity contribution in [1.29, 1.82) is 0 Å². The normalized spacial score (nSPS) is 13.4. The van der Waals surface area contributed by atoms with Crippen LogP contribution in [0.1, 0.15) is 24.4 Å². The second-order valence-electron chi connectivity index (χ2n) is 3.53. The van der Waals surface area contributed by atoms with E-state index < -0.39 is 0 Å². The van der Waals surface area contributed by atoms with E-state index in [1.54, 1.807) is 0 Å². The van der Waals surface area contributed by atoms with Crippen LogP contribution in [0.15, 0.2) is 12.1 Å². The number of imidazole rings is 1. The predicted molar refractivity (Wildman–Crippen MR) is 53.4 cm³/mol. The molecule has 1 aromatic carbocycles. The van der Waals surface area contributed by atoms with Gasteiger partial charge in [0.2, 0.25) is 0 Å². The van der Waals surface area contributed by atoms with Gasteiger partial charge in [-0.1, -0.05) is 0 Å². The molecule has 0 unspecified atom stereocenters. The van der Waals surface area contributed by atoms with Gasteiger partial charge >= 0.3 is 0 Å². The molecule has 0 fully saturated rings. The van der Waals surface area contributed by atoms with Gasteiger partial charge in [0.15, 0.2) is 0 Å². The third-order valence-corrected chi connectivity index (χ3v) is 2.19. The van der Waals surface area contributed by atoms with Crippen LogP contribution in [0.4, 0.5) is 4.39 Å². The SMILES string of the molecule is Cc1cc(F)cc2[nH]c([C@H](C)N)nc12. The lowest BCUT2D eigenvalue weighted by molar-refractivity contribution is 0.628. The molecule has 0 bridgehead atoms. The van der Waals surface area contributed by atoms with Gasteiger partial charge in [0.05, 0.1) is 17.1 Å². The number of halogens is 1. The number of aromatic nitrogens is 2. The summed E-state index contributed by atoms with van der Waals surface area (Å²) in [5.41, 5.74) is 7.99. The highest BCUT2D eigenvalue weighted by atomic mass is 19.1. The van der Waals surface area contributed by atoms with Crippen LogP contribution < -0.4 is 5.73 Å². The maximum absolute atomic E-state index is 13.0. The van der Waals surface area contributed by atoms with E-state index in [9.17, 15) is 4.39 Å². The molecule has 74 valence electrons. The van der Waals surface area contributed by atoms with Crippen molar-refractivity contribution in [2.45, 2.75) is 19.9 Å². The zero-order valence-corrected chi connectivity index (χ0v) is 8.13. The number of aryl methyl sites for hydroxylation is 1. The number of fused-ring (bicyclic) bond motifs is 1. The van der Waals surface area contributed by atoms with Crippen molar-refractivity contribution in [3.8, 4) is 0 Å². The molecule has 1 atom stereocenters. The van der Waals surface area contributed by atoms with Crippen molar-refractivity contribution in [3.05, 3.63) is 29.3 Å². The van der Waals surface area contributed by atoms with E-state index in [2.05, 4.69) is 9.97 Å². The fourth-order valence-corrected chi connectivity index (χ4v) is 1.48. The summed E-state index contributed by atoms with van der Waals surface area (Å²) in [6.45, 7) is 3.67. The van der Waals surface area contributed by atoms with Crippen LogP contribution in [0.25, 0.3) is 11.0 Å². The van der Waals surface area contributed by atoms with Crippen molar-refractivity contribution in [2.24, 2.45) is 5.73 Å². The Hall–Kier alpha value is -1.42. The smallest absolute Gasteiger partial charge is 0.125 e. The number of hydrogen-bond acceptors (Lipinski definition) is 2. The molecule has 2 rings (SSSR count). The van der Waals surface area contributed by atoms with Gasteiger partial charge in [-0.3, -0.25) is 0 Å². The Labute approximate surface area is 81.1 Å².